The molecule has 0 unspecified atom stereocenters. The normalized spacial score (nSPS) is 14.4. The first-order valence-electron chi connectivity index (χ1n) is 10.7. The highest BCUT2D eigenvalue weighted by Crippen LogP contribution is 2.11. The molecular formula is C22H32N4O8. The Morgan fingerprint density at radius 3 is 1.97 bits per heavy atom. The van der Waals surface area contributed by atoms with Crippen LogP contribution in [0.25, 0.3) is 0 Å². The Morgan fingerprint density at radius 1 is 0.882 bits per heavy atom. The summed E-state index contributed by atoms with van der Waals surface area (Å²) in [6.45, 7) is 4.71. The van der Waals surface area contributed by atoms with E-state index < -0.39 is 60.2 Å². The lowest BCUT2D eigenvalue weighted by Crippen LogP contribution is -2.57. The van der Waals surface area contributed by atoms with Crippen LogP contribution in [-0.2, 0) is 30.4 Å². The zero-order valence-corrected chi connectivity index (χ0v) is 19.3. The second-order valence-corrected chi connectivity index (χ2v) is 8.27. The molecule has 34 heavy (non-hydrogen) atoms. The largest absolute Gasteiger partial charge is 0.508 e. The van der Waals surface area contributed by atoms with Crippen molar-refractivity contribution in [1.82, 2.24) is 16.0 Å². The minimum Gasteiger partial charge on any atom is -0.508 e. The zero-order valence-electron chi connectivity index (χ0n) is 19.3. The molecule has 0 bridgehead atoms. The first kappa shape index (κ1) is 28.4. The van der Waals surface area contributed by atoms with Gasteiger partial charge in [-0.25, -0.2) is 4.79 Å². The van der Waals surface area contributed by atoms with E-state index in [9.17, 15) is 29.1 Å². The van der Waals surface area contributed by atoms with E-state index in [-0.39, 0.29) is 24.5 Å². The van der Waals surface area contributed by atoms with Crippen molar-refractivity contribution in [3.63, 3.8) is 0 Å². The highest BCUT2D eigenvalue weighted by Gasteiger charge is 2.30. The number of nitrogens with one attached hydrogen (secondary N) is 3. The van der Waals surface area contributed by atoms with E-state index in [1.807, 2.05) is 0 Å². The number of hydrogen-bond acceptors (Lipinski definition) is 7. The maximum atomic E-state index is 12.7. The topological polar surface area (TPSA) is 208 Å². The van der Waals surface area contributed by atoms with Gasteiger partial charge in [-0.2, -0.15) is 0 Å². The summed E-state index contributed by atoms with van der Waals surface area (Å²) >= 11 is 0. The highest BCUT2D eigenvalue weighted by atomic mass is 16.4. The maximum Gasteiger partial charge on any atom is 0.326 e. The molecule has 188 valence electrons. The molecule has 0 aliphatic heterocycles. The summed E-state index contributed by atoms with van der Waals surface area (Å²) < 4.78 is 0. The van der Waals surface area contributed by atoms with Gasteiger partial charge in [0.25, 0.3) is 0 Å². The van der Waals surface area contributed by atoms with Crippen LogP contribution in [0.5, 0.6) is 5.75 Å². The molecule has 12 nitrogen and oxygen atoms in total. The van der Waals surface area contributed by atoms with E-state index in [0.717, 1.165) is 0 Å². The van der Waals surface area contributed by atoms with Crippen LogP contribution in [-0.4, -0.2) is 69.1 Å². The molecule has 12 heteroatoms. The number of aliphatic carboxylic acids is 2. The van der Waals surface area contributed by atoms with Crippen molar-refractivity contribution in [1.29, 1.82) is 0 Å². The van der Waals surface area contributed by atoms with E-state index in [1.54, 1.807) is 26.0 Å². The molecule has 0 radical (unpaired) electrons. The summed E-state index contributed by atoms with van der Waals surface area (Å²) in [7, 11) is 0. The Morgan fingerprint density at radius 2 is 1.47 bits per heavy atom. The standard InChI is InChI=1S/C22H32N4O8/c1-11(2)18(26-20(31)15(23)10-13-4-6-14(27)7-5-13)21(32)24-12(3)19(30)25-16(22(33)34)8-9-17(28)29/h4-7,11-12,15-16,18,27H,8-10,23H2,1-3H3,(H,24,32)(H,25,30)(H,26,31)(H,28,29)(H,33,34)/t12-,15-,16-,18-/m0/s1. The van der Waals surface area contributed by atoms with Gasteiger partial charge in [0, 0.05) is 6.42 Å². The lowest BCUT2D eigenvalue weighted by atomic mass is 10.0. The quantitative estimate of drug-likeness (QED) is 0.191. The fourth-order valence-electron chi connectivity index (χ4n) is 2.96. The van der Waals surface area contributed by atoms with Crippen molar-refractivity contribution in [3.8, 4) is 5.75 Å². The molecule has 0 saturated carbocycles. The molecule has 0 saturated heterocycles. The third kappa shape index (κ3) is 9.45. The number of amides is 3. The number of hydrogen-bond donors (Lipinski definition) is 7. The van der Waals surface area contributed by atoms with Gasteiger partial charge in [-0.1, -0.05) is 26.0 Å². The van der Waals surface area contributed by atoms with Crippen molar-refractivity contribution < 1.29 is 39.3 Å². The van der Waals surface area contributed by atoms with Gasteiger partial charge in [0.1, 0.15) is 23.9 Å². The Balaban J connectivity index is 2.72. The third-order valence-corrected chi connectivity index (χ3v) is 4.99. The van der Waals surface area contributed by atoms with Crippen molar-refractivity contribution in [2.45, 2.75) is 64.2 Å². The zero-order chi connectivity index (χ0) is 26.0. The lowest BCUT2D eigenvalue weighted by molar-refractivity contribution is -0.143. The predicted octanol–water partition coefficient (Wildman–Crippen LogP) is -0.658. The average molecular weight is 481 g/mol. The maximum absolute atomic E-state index is 12.7. The van der Waals surface area contributed by atoms with E-state index in [0.29, 0.717) is 5.56 Å². The third-order valence-electron chi connectivity index (χ3n) is 4.99. The summed E-state index contributed by atoms with van der Waals surface area (Å²) in [5.41, 5.74) is 6.67. The molecule has 1 aromatic rings. The van der Waals surface area contributed by atoms with E-state index >= 15 is 0 Å². The smallest absolute Gasteiger partial charge is 0.326 e. The van der Waals surface area contributed by atoms with E-state index in [1.165, 1.54) is 19.1 Å². The predicted molar refractivity (Wildman–Crippen MR) is 121 cm³/mol. The monoisotopic (exact) mass is 480 g/mol. The van der Waals surface area contributed by atoms with Crippen LogP contribution in [0, 0.1) is 5.92 Å². The first-order chi connectivity index (χ1) is 15.8. The van der Waals surface area contributed by atoms with Crippen molar-refractivity contribution in [2.24, 2.45) is 11.7 Å². The second-order valence-electron chi connectivity index (χ2n) is 8.27. The molecule has 4 atom stereocenters. The van der Waals surface area contributed by atoms with Gasteiger partial charge in [0.05, 0.1) is 6.04 Å². The fourth-order valence-corrected chi connectivity index (χ4v) is 2.96. The molecule has 3 amide bonds. The first-order valence-corrected chi connectivity index (χ1v) is 10.7. The van der Waals surface area contributed by atoms with Crippen LogP contribution in [0.15, 0.2) is 24.3 Å². The molecule has 0 fully saturated rings. The van der Waals surface area contributed by atoms with Gasteiger partial charge in [0.2, 0.25) is 17.7 Å². The van der Waals surface area contributed by atoms with Gasteiger partial charge >= 0.3 is 11.9 Å². The van der Waals surface area contributed by atoms with Gasteiger partial charge < -0.3 is 37.0 Å². The summed E-state index contributed by atoms with van der Waals surface area (Å²) in [4.78, 5) is 59.5. The van der Waals surface area contributed by atoms with Gasteiger partial charge in [-0.3, -0.25) is 19.2 Å². The number of carbonyl (C=O) groups is 5. The van der Waals surface area contributed by atoms with Crippen LogP contribution < -0.4 is 21.7 Å². The van der Waals surface area contributed by atoms with Crippen LogP contribution in [0.2, 0.25) is 0 Å². The second kappa shape index (κ2) is 13.1. The van der Waals surface area contributed by atoms with Crippen molar-refractivity contribution in [2.75, 3.05) is 0 Å². The van der Waals surface area contributed by atoms with Gasteiger partial charge in [-0.15, -0.1) is 0 Å². The minimum atomic E-state index is -1.43. The number of carboxylic acids is 2. The number of carbonyl (C=O) groups excluding carboxylic acids is 3. The van der Waals surface area contributed by atoms with Gasteiger partial charge in [-0.05, 0) is 43.4 Å². The van der Waals surface area contributed by atoms with Crippen LogP contribution in [0.1, 0.15) is 39.2 Å². The molecular weight excluding hydrogens is 448 g/mol. The summed E-state index contributed by atoms with van der Waals surface area (Å²) in [6, 6.07) is 1.61. The van der Waals surface area contributed by atoms with E-state index in [4.69, 9.17) is 15.9 Å². The lowest BCUT2D eigenvalue weighted by Gasteiger charge is -2.25. The summed E-state index contributed by atoms with van der Waals surface area (Å²) in [5.74, 6) is -4.96. The molecule has 0 heterocycles. The van der Waals surface area contributed by atoms with Crippen molar-refractivity contribution in [3.05, 3.63) is 29.8 Å². The number of phenolic OH excluding ortho intramolecular Hbond substituents is 1. The highest BCUT2D eigenvalue weighted by molar-refractivity contribution is 5.94. The van der Waals surface area contributed by atoms with Crippen LogP contribution in [0.3, 0.4) is 0 Å². The van der Waals surface area contributed by atoms with Crippen molar-refractivity contribution >= 4 is 29.7 Å². The van der Waals surface area contributed by atoms with E-state index in [2.05, 4.69) is 16.0 Å². The fraction of sp³-hybridized carbons (Fsp3) is 0.500. The average Bonchev–Trinajstić information content (AvgIpc) is 2.75. The molecule has 8 N–H and O–H groups in total. The Kier molecular flexibility index (Phi) is 11.0. The molecule has 0 aromatic heterocycles. The molecule has 0 spiro atoms. The SMILES string of the molecule is CC(C)[C@H](NC(=O)[C@@H](N)Cc1ccc(O)cc1)C(=O)N[C@@H](C)C(=O)N[C@@H](CCC(=O)O)C(=O)O. The van der Waals surface area contributed by atoms with Crippen LogP contribution in [0.4, 0.5) is 0 Å². The Hall–Kier alpha value is -3.67. The van der Waals surface area contributed by atoms with Crippen LogP contribution >= 0.6 is 0 Å². The van der Waals surface area contributed by atoms with Gasteiger partial charge in [0.15, 0.2) is 0 Å². The molecule has 1 aromatic carbocycles. The number of carboxylic acid groups (broad SMARTS) is 2. The number of phenols is 1. The number of benzene rings is 1. The number of aromatic hydroxyl groups is 1. The molecule has 0 aliphatic carbocycles. The number of nitrogens with two attached hydrogens (primary N) is 1. The summed E-state index contributed by atoms with van der Waals surface area (Å²) in [6.07, 6.45) is -0.602. The summed E-state index contributed by atoms with van der Waals surface area (Å²) in [5, 5.41) is 34.4. The Bertz CT molecular complexity index is 887. The molecule has 1 rings (SSSR count). The molecule has 0 aliphatic rings. The Labute approximate surface area is 196 Å². The minimum absolute atomic E-state index is 0.0769. The number of rotatable bonds is 13.